The normalized spacial score (nSPS) is 14.3. The molecule has 0 bridgehead atoms. The Kier molecular flexibility index (Phi) is 8.94. The summed E-state index contributed by atoms with van der Waals surface area (Å²) in [4.78, 5) is 35.7. The summed E-state index contributed by atoms with van der Waals surface area (Å²) in [6, 6.07) is 4.69. The summed E-state index contributed by atoms with van der Waals surface area (Å²) in [7, 11) is 0. The molecule has 0 aromatic heterocycles. The summed E-state index contributed by atoms with van der Waals surface area (Å²) < 4.78 is 2.04. The van der Waals surface area contributed by atoms with Gasteiger partial charge in [-0.25, -0.2) is 9.78 Å². The molecule has 35 heavy (non-hydrogen) atoms. The van der Waals surface area contributed by atoms with E-state index in [1.54, 1.807) is 0 Å². The number of aryl methyl sites for hydroxylation is 2. The number of fused-ring (bicyclic) bond motifs is 2. The van der Waals surface area contributed by atoms with Crippen LogP contribution in [0.3, 0.4) is 0 Å². The molecule has 2 N–H and O–H groups in total. The molecule has 1 fully saturated rings. The topological polar surface area (TPSA) is 92.7 Å². The van der Waals surface area contributed by atoms with E-state index in [0.29, 0.717) is 18.4 Å². The number of hydrogen-bond donors (Lipinski definition) is 2. The second kappa shape index (κ2) is 12.3. The highest BCUT2D eigenvalue weighted by atomic mass is 16.2. The molecule has 1 aliphatic carbocycles. The molecule has 2 heterocycles. The van der Waals surface area contributed by atoms with Gasteiger partial charge >= 0.3 is 5.69 Å². The third-order valence-electron chi connectivity index (χ3n) is 7.41. The van der Waals surface area contributed by atoms with Crippen LogP contribution in [0.15, 0.2) is 21.7 Å². The van der Waals surface area contributed by atoms with E-state index < -0.39 is 11.2 Å². The maximum atomic E-state index is 12.5. The summed E-state index contributed by atoms with van der Waals surface area (Å²) >= 11 is 0. The molecular formula is C28H41N5O2. The fourth-order valence-electron chi connectivity index (χ4n) is 5.37. The highest BCUT2D eigenvalue weighted by Gasteiger charge is 2.21. The SMILES string of the molecule is CCCCCCCCCCCCn1c2nc(=O)[nH]c(=O)c-2nc2cc(C)c(NC3CCCC3)cc21. The monoisotopic (exact) mass is 479 g/mol. The third kappa shape index (κ3) is 6.50. The first kappa shape index (κ1) is 25.4. The fourth-order valence-corrected chi connectivity index (χ4v) is 5.37. The molecule has 0 saturated heterocycles. The average Bonchev–Trinajstić information content (AvgIpc) is 3.34. The van der Waals surface area contributed by atoms with Crippen LogP contribution in [-0.4, -0.2) is 25.6 Å². The van der Waals surface area contributed by atoms with Crippen molar-refractivity contribution in [3.63, 3.8) is 0 Å². The second-order valence-electron chi connectivity index (χ2n) is 10.3. The molecule has 190 valence electrons. The van der Waals surface area contributed by atoms with Gasteiger partial charge < -0.3 is 9.88 Å². The Morgan fingerprint density at radius 1 is 0.943 bits per heavy atom. The quantitative estimate of drug-likeness (QED) is 0.226. The van der Waals surface area contributed by atoms with E-state index in [4.69, 9.17) is 0 Å². The number of nitrogens with one attached hydrogen (secondary N) is 2. The van der Waals surface area contributed by atoms with E-state index in [1.165, 1.54) is 77.0 Å². The van der Waals surface area contributed by atoms with Crippen molar-refractivity contribution >= 4 is 16.7 Å². The van der Waals surface area contributed by atoms with Crippen molar-refractivity contribution in [1.82, 2.24) is 19.5 Å². The lowest BCUT2D eigenvalue weighted by Crippen LogP contribution is -2.29. The predicted octanol–water partition coefficient (Wildman–Crippen LogP) is 6.17. The van der Waals surface area contributed by atoms with Gasteiger partial charge in [0, 0.05) is 18.3 Å². The largest absolute Gasteiger partial charge is 0.382 e. The van der Waals surface area contributed by atoms with Crippen LogP contribution in [0.5, 0.6) is 0 Å². The van der Waals surface area contributed by atoms with E-state index in [0.717, 1.165) is 35.1 Å². The second-order valence-corrected chi connectivity index (χ2v) is 10.3. The molecule has 7 heteroatoms. The molecule has 1 aromatic carbocycles. The number of aromatic amines is 1. The Bertz CT molecular complexity index is 1190. The highest BCUT2D eigenvalue weighted by Crippen LogP contribution is 2.30. The van der Waals surface area contributed by atoms with Gasteiger partial charge in [0.25, 0.3) is 5.56 Å². The zero-order valence-corrected chi connectivity index (χ0v) is 21.5. The van der Waals surface area contributed by atoms with Crippen molar-refractivity contribution in [1.29, 1.82) is 0 Å². The molecule has 0 unspecified atom stereocenters. The minimum absolute atomic E-state index is 0.236. The van der Waals surface area contributed by atoms with E-state index >= 15 is 0 Å². The number of benzene rings is 1. The lowest BCUT2D eigenvalue weighted by atomic mass is 10.1. The van der Waals surface area contributed by atoms with E-state index in [-0.39, 0.29) is 5.69 Å². The van der Waals surface area contributed by atoms with Crippen molar-refractivity contribution in [3.05, 3.63) is 38.5 Å². The van der Waals surface area contributed by atoms with Crippen LogP contribution < -0.4 is 16.6 Å². The molecule has 0 atom stereocenters. The summed E-state index contributed by atoms with van der Waals surface area (Å²) in [6.45, 7) is 5.05. The Morgan fingerprint density at radius 3 is 2.29 bits per heavy atom. The standard InChI is InChI=1S/C28H41N5O2/c1-3-4-5-6-7-8-9-10-11-14-17-33-24-19-22(29-21-15-12-13-16-21)20(2)18-23(24)30-25-26(33)31-28(35)32-27(25)34/h18-19,21,29H,3-17H2,1-2H3,(H,32,34,35). The summed E-state index contributed by atoms with van der Waals surface area (Å²) in [5.41, 5.74) is 3.07. The maximum Gasteiger partial charge on any atom is 0.349 e. The van der Waals surface area contributed by atoms with Crippen molar-refractivity contribution in [3.8, 4) is 11.5 Å². The molecular weight excluding hydrogens is 438 g/mol. The van der Waals surface area contributed by atoms with Gasteiger partial charge in [0.2, 0.25) is 0 Å². The Morgan fingerprint density at radius 2 is 1.60 bits per heavy atom. The maximum absolute atomic E-state index is 12.5. The van der Waals surface area contributed by atoms with Gasteiger partial charge in [-0.15, -0.1) is 0 Å². The predicted molar refractivity (Wildman–Crippen MR) is 144 cm³/mol. The molecule has 0 radical (unpaired) electrons. The lowest BCUT2D eigenvalue weighted by Gasteiger charge is -2.20. The van der Waals surface area contributed by atoms with Crippen molar-refractivity contribution in [2.75, 3.05) is 5.32 Å². The first-order valence-corrected chi connectivity index (χ1v) is 13.8. The van der Waals surface area contributed by atoms with E-state index in [1.807, 2.05) is 10.6 Å². The van der Waals surface area contributed by atoms with Crippen molar-refractivity contribution in [2.45, 2.75) is 116 Å². The van der Waals surface area contributed by atoms with Gasteiger partial charge in [-0.05, 0) is 43.9 Å². The Labute approximate surface area is 208 Å². The van der Waals surface area contributed by atoms with Crippen LogP contribution in [0.2, 0.25) is 0 Å². The zero-order valence-electron chi connectivity index (χ0n) is 21.5. The molecule has 3 aliphatic rings. The minimum atomic E-state index is -0.614. The van der Waals surface area contributed by atoms with E-state index in [2.05, 4.69) is 40.2 Å². The highest BCUT2D eigenvalue weighted by molar-refractivity contribution is 5.84. The van der Waals surface area contributed by atoms with Crippen LogP contribution in [0.25, 0.3) is 22.6 Å². The van der Waals surface area contributed by atoms with Crippen LogP contribution >= 0.6 is 0 Å². The smallest absolute Gasteiger partial charge is 0.349 e. The first-order valence-electron chi connectivity index (χ1n) is 13.8. The average molecular weight is 480 g/mol. The summed E-state index contributed by atoms with van der Waals surface area (Å²) in [5.74, 6) is 0.387. The number of hydrogen-bond acceptors (Lipinski definition) is 5. The van der Waals surface area contributed by atoms with Crippen molar-refractivity contribution < 1.29 is 0 Å². The van der Waals surface area contributed by atoms with Crippen LogP contribution in [0.4, 0.5) is 5.69 Å². The third-order valence-corrected chi connectivity index (χ3v) is 7.41. The van der Waals surface area contributed by atoms with Crippen LogP contribution in [-0.2, 0) is 6.54 Å². The molecule has 0 spiro atoms. The fraction of sp³-hybridized carbons (Fsp3) is 0.643. The molecule has 7 nitrogen and oxygen atoms in total. The van der Waals surface area contributed by atoms with Gasteiger partial charge in [0.05, 0.1) is 11.0 Å². The molecule has 1 aromatic rings. The summed E-state index contributed by atoms with van der Waals surface area (Å²) in [5, 5.41) is 3.72. The Balaban J connectivity index is 1.52. The van der Waals surface area contributed by atoms with Gasteiger partial charge in [-0.2, -0.15) is 4.98 Å². The van der Waals surface area contributed by atoms with Crippen molar-refractivity contribution in [2.24, 2.45) is 0 Å². The minimum Gasteiger partial charge on any atom is -0.382 e. The molecule has 4 rings (SSSR count). The Hall–Kier alpha value is -2.70. The van der Waals surface area contributed by atoms with Crippen LogP contribution in [0.1, 0.15) is 102 Å². The number of anilines is 1. The number of aromatic nitrogens is 4. The number of unbranched alkanes of at least 4 members (excludes halogenated alkanes) is 9. The molecule has 0 amide bonds. The number of H-pyrrole nitrogens is 1. The van der Waals surface area contributed by atoms with Gasteiger partial charge in [0.15, 0.2) is 11.5 Å². The van der Waals surface area contributed by atoms with E-state index in [9.17, 15) is 9.59 Å². The van der Waals surface area contributed by atoms with Gasteiger partial charge in [0.1, 0.15) is 0 Å². The zero-order chi connectivity index (χ0) is 24.6. The number of rotatable bonds is 13. The van der Waals surface area contributed by atoms with Gasteiger partial charge in [-0.1, -0.05) is 77.6 Å². The van der Waals surface area contributed by atoms with Gasteiger partial charge in [-0.3, -0.25) is 9.78 Å². The van der Waals surface area contributed by atoms with Crippen LogP contribution in [0, 0.1) is 6.92 Å². The number of nitrogens with zero attached hydrogens (tertiary/aromatic N) is 3. The lowest BCUT2D eigenvalue weighted by molar-refractivity contribution is 0.537. The molecule has 2 aliphatic heterocycles. The first-order chi connectivity index (χ1) is 17.1. The molecule has 1 saturated carbocycles. The summed E-state index contributed by atoms with van der Waals surface area (Å²) in [6.07, 6.45) is 17.5.